The van der Waals surface area contributed by atoms with Gasteiger partial charge in [0.05, 0.1) is 11.4 Å². The van der Waals surface area contributed by atoms with E-state index in [0.29, 0.717) is 58.1 Å². The monoisotopic (exact) mass is 1810 g/mol. The van der Waals surface area contributed by atoms with E-state index in [1.165, 1.54) is 127 Å². The Labute approximate surface area is 819 Å². The molecule has 141 heavy (non-hydrogen) atoms. The highest BCUT2D eigenvalue weighted by molar-refractivity contribution is 6.11. The molecule has 0 saturated carbocycles. The van der Waals surface area contributed by atoms with E-state index in [1.807, 2.05) is 158 Å². The van der Waals surface area contributed by atoms with E-state index in [9.17, 15) is 0 Å². The van der Waals surface area contributed by atoms with Crippen LogP contribution in [-0.2, 0) is 16.2 Å². The lowest BCUT2D eigenvalue weighted by Crippen LogP contribution is -2.15. The highest BCUT2D eigenvalue weighted by Crippen LogP contribution is 2.59. The third kappa shape index (κ3) is 15.8. The molecule has 0 spiro atoms. The van der Waals surface area contributed by atoms with Crippen LogP contribution >= 0.6 is 0 Å². The van der Waals surface area contributed by atoms with Gasteiger partial charge in [0, 0.05) is 78.1 Å². The maximum absolute atomic E-state index is 5.28. The van der Waals surface area contributed by atoms with Crippen LogP contribution in [0.5, 0.6) is 0 Å². The smallest absolute Gasteiger partial charge is 0.182 e. The van der Waals surface area contributed by atoms with Gasteiger partial charge in [-0.1, -0.05) is 436 Å². The lowest BCUT2D eigenvalue weighted by Gasteiger charge is -2.23. The van der Waals surface area contributed by atoms with Crippen LogP contribution in [-0.4, -0.2) is 54.8 Å². The van der Waals surface area contributed by atoms with Crippen molar-refractivity contribution in [2.75, 3.05) is 0 Å². The number of aromatic nitrogens is 11. The molecule has 0 aliphatic heterocycles. The van der Waals surface area contributed by atoms with Crippen molar-refractivity contribution in [3.05, 3.63) is 488 Å². The molecule has 5 aromatic heterocycles. The molecule has 0 bridgehead atoms. The number of hydrogen-bond acceptors (Lipinski definition) is 11. The second kappa shape index (κ2) is 35.6. The van der Waals surface area contributed by atoms with Gasteiger partial charge < -0.3 is 0 Å². The summed E-state index contributed by atoms with van der Waals surface area (Å²) in [7, 11) is 0. The van der Waals surface area contributed by atoms with Gasteiger partial charge in [-0.15, -0.1) is 0 Å². The van der Waals surface area contributed by atoms with Gasteiger partial charge in [0.1, 0.15) is 5.69 Å². The molecule has 18 aromatic carbocycles. The van der Waals surface area contributed by atoms with Crippen LogP contribution < -0.4 is 0 Å². The van der Waals surface area contributed by atoms with Crippen LogP contribution in [0.4, 0.5) is 0 Å². The molecular formula is C130H93N11. The third-order valence-electron chi connectivity index (χ3n) is 28.2. The van der Waals surface area contributed by atoms with E-state index >= 15 is 0 Å². The number of rotatable bonds is 14. The fraction of sp³-hybridized carbons (Fsp3) is 0.0692. The van der Waals surface area contributed by atoms with Crippen LogP contribution in [0.25, 0.3) is 224 Å². The predicted octanol–water partition coefficient (Wildman–Crippen LogP) is 32.1. The van der Waals surface area contributed by atoms with Gasteiger partial charge in [0.2, 0.25) is 0 Å². The number of nitrogens with zero attached hydrogens (tertiary/aromatic N) is 11. The van der Waals surface area contributed by atoms with Crippen molar-refractivity contribution >= 4 is 32.3 Å². The van der Waals surface area contributed by atoms with E-state index in [2.05, 4.69) is 339 Å². The average Bonchev–Trinajstić information content (AvgIpc) is 1.56. The highest BCUT2D eigenvalue weighted by Gasteiger charge is 2.42. The van der Waals surface area contributed by atoms with Crippen molar-refractivity contribution in [3.63, 3.8) is 0 Å². The molecule has 0 fully saturated rings. The molecule has 0 amide bonds. The van der Waals surface area contributed by atoms with Gasteiger partial charge in [-0.25, -0.2) is 49.8 Å². The number of pyridine rings is 2. The lowest BCUT2D eigenvalue weighted by molar-refractivity contribution is 0.661. The van der Waals surface area contributed by atoms with E-state index in [0.717, 1.165) is 72.6 Å². The maximum Gasteiger partial charge on any atom is 0.182 e. The second-order valence-corrected chi connectivity index (χ2v) is 37.9. The zero-order chi connectivity index (χ0) is 94.9. The summed E-state index contributed by atoms with van der Waals surface area (Å²) in [5, 5.41) is 7.28. The predicted molar refractivity (Wildman–Crippen MR) is 576 cm³/mol. The first-order chi connectivity index (χ1) is 69.2. The van der Waals surface area contributed by atoms with Gasteiger partial charge in [0.25, 0.3) is 0 Å². The third-order valence-corrected chi connectivity index (χ3v) is 28.2. The number of hydrogen-bond donors (Lipinski definition) is 0. The maximum atomic E-state index is 5.28. The van der Waals surface area contributed by atoms with Gasteiger partial charge in [-0.05, 0) is 187 Å². The fourth-order valence-electron chi connectivity index (χ4n) is 21.0. The first-order valence-electron chi connectivity index (χ1n) is 48.0. The van der Waals surface area contributed by atoms with Crippen LogP contribution in [0.3, 0.4) is 0 Å². The summed E-state index contributed by atoms with van der Waals surface area (Å²) in [6, 6.07) is 157. The lowest BCUT2D eigenvalue weighted by atomic mass is 9.80. The van der Waals surface area contributed by atoms with Crippen molar-refractivity contribution in [3.8, 4) is 192 Å². The molecule has 23 aromatic rings. The molecule has 0 atom stereocenters. The molecule has 668 valence electrons. The zero-order valence-electron chi connectivity index (χ0n) is 78.7. The summed E-state index contributed by atoms with van der Waals surface area (Å²) in [5.74, 6) is 5.60. The molecule has 3 aliphatic carbocycles. The molecule has 5 heterocycles. The summed E-state index contributed by atoms with van der Waals surface area (Å²) in [6.45, 7) is 14.0. The quantitative estimate of drug-likeness (QED) is 0.103. The molecule has 26 rings (SSSR count). The highest BCUT2D eigenvalue weighted by atomic mass is 15.1. The fourth-order valence-corrected chi connectivity index (χ4v) is 21.0. The molecule has 0 radical (unpaired) electrons. The van der Waals surface area contributed by atoms with Crippen molar-refractivity contribution < 1.29 is 0 Å². The summed E-state index contributed by atoms with van der Waals surface area (Å²) in [6.07, 6.45) is 1.90. The van der Waals surface area contributed by atoms with Crippen molar-refractivity contribution in [2.24, 2.45) is 0 Å². The molecule has 11 heteroatoms. The van der Waals surface area contributed by atoms with Crippen LogP contribution in [0.15, 0.2) is 455 Å². The largest absolute Gasteiger partial charge is 0.255 e. The topological polar surface area (TPSA) is 142 Å². The first-order valence-corrected chi connectivity index (χ1v) is 48.0. The Morgan fingerprint density at radius 3 is 0.865 bits per heavy atom. The Morgan fingerprint density at radius 1 is 0.149 bits per heavy atom. The Balaban J connectivity index is 0.000000116. The summed E-state index contributed by atoms with van der Waals surface area (Å²) >= 11 is 0. The standard InChI is InChI=1S/C52H37N3.2C39H28N4/c1-52(2)45-32-39(35-17-8-4-9-18-35)29-30-44(45)48-46(52)33-40-21-12-13-24-43(40)47(48)41-22-14-23-42(31-41)51-54-49(37-19-10-5-11-20-37)53-50(55-51)38-27-25-36(26-28-38)34-15-6-3-7-16-34;1-39(2)30-21-12-11-20-29(30)34-31(39)24-27-18-9-10-19-28(27)35(34)32-22-13-23-33(40-32)38-42-36(25-14-5-3-6-15-25)41-37(43-38)26-16-7-4-8-17-26;1-39(2)31-20-12-11-19-30(31)34-32(39)23-27-17-9-10-18-29(27)35(34)33-22-21-28(24-40-33)38-42-36(25-13-5-3-6-14-25)41-37(43-38)26-15-7-4-8-16-26/h3-33H,1-2H3;2*3-24H,1-2H3. The molecule has 0 saturated heterocycles. The minimum atomic E-state index is -0.185. The van der Waals surface area contributed by atoms with Crippen LogP contribution in [0, 0.1) is 0 Å². The van der Waals surface area contributed by atoms with Crippen molar-refractivity contribution in [2.45, 2.75) is 57.8 Å². The first kappa shape index (κ1) is 86.0. The molecule has 0 unspecified atom stereocenters. The van der Waals surface area contributed by atoms with E-state index in [-0.39, 0.29) is 16.2 Å². The van der Waals surface area contributed by atoms with Crippen molar-refractivity contribution in [1.29, 1.82) is 0 Å². The van der Waals surface area contributed by atoms with Gasteiger partial charge in [-0.2, -0.15) is 0 Å². The number of benzene rings is 18. The molecule has 3 aliphatic rings. The molecular weight excluding hydrogens is 1720 g/mol. The van der Waals surface area contributed by atoms with Crippen molar-refractivity contribution in [1.82, 2.24) is 54.8 Å². The number of fused-ring (bicyclic) bond motifs is 12. The SMILES string of the molecule is CC1(C)c2cc(-c3ccccc3)ccc2-c2c1cc1ccccc1c2-c1cccc(-c2nc(-c3ccccc3)nc(-c3ccc(-c4ccccc4)cc3)n2)c1.CC1(C)c2ccccc2-c2c1cc1ccccc1c2-c1ccc(-c2nc(-c3ccccc3)nc(-c3ccccc3)n2)cn1.CC1(C)c2ccccc2-c2c1cc1ccccc1c2-c1cccc(-c2nc(-c3ccccc3)nc(-c3ccccc3)n2)n1. The van der Waals surface area contributed by atoms with Gasteiger partial charge in [-0.3, -0.25) is 4.98 Å². The minimum Gasteiger partial charge on any atom is -0.255 e. The van der Waals surface area contributed by atoms with Gasteiger partial charge in [0.15, 0.2) is 52.4 Å². The Morgan fingerprint density at radius 2 is 0.433 bits per heavy atom. The normalized spacial score (nSPS) is 12.9. The Kier molecular flexibility index (Phi) is 21.7. The summed E-state index contributed by atoms with van der Waals surface area (Å²) in [5.41, 5.74) is 34.8. The van der Waals surface area contributed by atoms with E-state index in [4.69, 9.17) is 54.8 Å². The van der Waals surface area contributed by atoms with E-state index in [1.54, 1.807) is 0 Å². The zero-order valence-corrected chi connectivity index (χ0v) is 78.7. The summed E-state index contributed by atoms with van der Waals surface area (Å²) < 4.78 is 0. The second-order valence-electron chi connectivity index (χ2n) is 37.9. The Hall–Kier alpha value is -17.9. The minimum absolute atomic E-state index is 0.1000. The summed E-state index contributed by atoms with van der Waals surface area (Å²) in [4.78, 5) is 55.0. The molecule has 0 N–H and O–H groups in total. The van der Waals surface area contributed by atoms with E-state index < -0.39 is 0 Å². The van der Waals surface area contributed by atoms with Gasteiger partial charge >= 0.3 is 0 Å². The van der Waals surface area contributed by atoms with Crippen LogP contribution in [0.2, 0.25) is 0 Å². The average molecular weight is 1810 g/mol. The molecule has 11 nitrogen and oxygen atoms in total. The van der Waals surface area contributed by atoms with Crippen LogP contribution in [0.1, 0.15) is 74.9 Å². The Bertz CT molecular complexity index is 8650.